The van der Waals surface area contributed by atoms with Crippen LogP contribution in [0.3, 0.4) is 0 Å². The smallest absolute Gasteiger partial charge is 0.196 e. The number of halogens is 1. The van der Waals surface area contributed by atoms with Gasteiger partial charge in [-0.15, -0.1) is 0 Å². The Kier molecular flexibility index (Phi) is 4.58. The quantitative estimate of drug-likeness (QED) is 0.547. The van der Waals surface area contributed by atoms with Gasteiger partial charge in [0.15, 0.2) is 5.78 Å². The predicted octanol–water partition coefficient (Wildman–Crippen LogP) is 5.78. The zero-order valence-electron chi connectivity index (χ0n) is 12.6. The van der Waals surface area contributed by atoms with Crippen molar-refractivity contribution in [1.29, 1.82) is 0 Å². The molecule has 0 fully saturated rings. The second-order valence-electron chi connectivity index (χ2n) is 5.20. The SMILES string of the molecule is Cc1cc(Oc2ccccc2C(=O)c2ccccc2)ccc1Br. The van der Waals surface area contributed by atoms with Crippen molar-refractivity contribution in [2.45, 2.75) is 6.92 Å². The van der Waals surface area contributed by atoms with Crippen molar-refractivity contribution in [1.82, 2.24) is 0 Å². The fourth-order valence-electron chi connectivity index (χ4n) is 2.30. The second kappa shape index (κ2) is 6.80. The topological polar surface area (TPSA) is 26.3 Å². The molecule has 0 heterocycles. The summed E-state index contributed by atoms with van der Waals surface area (Å²) in [5.74, 6) is 1.22. The molecule has 0 unspecified atom stereocenters. The molecule has 0 radical (unpaired) electrons. The van der Waals surface area contributed by atoms with Crippen molar-refractivity contribution in [2.75, 3.05) is 0 Å². The highest BCUT2D eigenvalue weighted by atomic mass is 79.9. The molecular formula is C20H15BrO2. The summed E-state index contributed by atoms with van der Waals surface area (Å²) in [5.41, 5.74) is 2.28. The number of rotatable bonds is 4. The van der Waals surface area contributed by atoms with Crippen molar-refractivity contribution >= 4 is 21.7 Å². The minimum Gasteiger partial charge on any atom is -0.457 e. The molecule has 3 aromatic rings. The molecule has 0 bridgehead atoms. The molecule has 0 atom stereocenters. The van der Waals surface area contributed by atoms with E-state index in [4.69, 9.17) is 4.74 Å². The molecule has 23 heavy (non-hydrogen) atoms. The fraction of sp³-hybridized carbons (Fsp3) is 0.0500. The van der Waals surface area contributed by atoms with Crippen LogP contribution in [0.2, 0.25) is 0 Å². The van der Waals surface area contributed by atoms with E-state index in [0.717, 1.165) is 10.0 Å². The molecule has 114 valence electrons. The van der Waals surface area contributed by atoms with Crippen molar-refractivity contribution in [2.24, 2.45) is 0 Å². The van der Waals surface area contributed by atoms with Gasteiger partial charge in [0, 0.05) is 10.0 Å². The van der Waals surface area contributed by atoms with Crippen molar-refractivity contribution < 1.29 is 9.53 Å². The Hall–Kier alpha value is -2.39. The number of ether oxygens (including phenoxy) is 1. The maximum absolute atomic E-state index is 12.7. The maximum atomic E-state index is 12.7. The number of hydrogen-bond donors (Lipinski definition) is 0. The molecule has 0 spiro atoms. The standard InChI is InChI=1S/C20H15BrO2/c1-14-13-16(11-12-18(14)21)23-19-10-6-5-9-17(19)20(22)15-7-3-2-4-8-15/h2-13H,1H3. The number of ketones is 1. The lowest BCUT2D eigenvalue weighted by Gasteiger charge is -2.11. The molecule has 0 saturated carbocycles. The van der Waals surface area contributed by atoms with E-state index in [-0.39, 0.29) is 5.78 Å². The molecule has 2 nitrogen and oxygen atoms in total. The van der Waals surface area contributed by atoms with Crippen LogP contribution in [0.25, 0.3) is 0 Å². The summed E-state index contributed by atoms with van der Waals surface area (Å²) >= 11 is 3.47. The predicted molar refractivity (Wildman–Crippen MR) is 95.3 cm³/mol. The first-order valence-corrected chi connectivity index (χ1v) is 8.07. The fourth-order valence-corrected chi connectivity index (χ4v) is 2.54. The summed E-state index contributed by atoms with van der Waals surface area (Å²) in [6, 6.07) is 22.3. The number of aryl methyl sites for hydroxylation is 1. The molecule has 0 aliphatic heterocycles. The molecule has 0 amide bonds. The third kappa shape index (κ3) is 3.51. The zero-order valence-corrected chi connectivity index (χ0v) is 14.2. The van der Waals surface area contributed by atoms with Crippen LogP contribution in [0.15, 0.2) is 77.3 Å². The van der Waals surface area contributed by atoms with Crippen LogP contribution in [0, 0.1) is 6.92 Å². The van der Waals surface area contributed by atoms with E-state index in [2.05, 4.69) is 15.9 Å². The van der Waals surface area contributed by atoms with Gasteiger partial charge in [0.25, 0.3) is 0 Å². The number of para-hydroxylation sites is 1. The lowest BCUT2D eigenvalue weighted by molar-refractivity contribution is 0.103. The summed E-state index contributed by atoms with van der Waals surface area (Å²) < 4.78 is 6.97. The summed E-state index contributed by atoms with van der Waals surface area (Å²) in [7, 11) is 0. The Balaban J connectivity index is 1.95. The van der Waals surface area contributed by atoms with Crippen LogP contribution in [0.4, 0.5) is 0 Å². The molecule has 0 N–H and O–H groups in total. The largest absolute Gasteiger partial charge is 0.457 e. The highest BCUT2D eigenvalue weighted by molar-refractivity contribution is 9.10. The van der Waals surface area contributed by atoms with Gasteiger partial charge in [-0.1, -0.05) is 58.4 Å². The van der Waals surface area contributed by atoms with Crippen molar-refractivity contribution in [3.05, 3.63) is 94.0 Å². The number of carbonyl (C=O) groups excluding carboxylic acids is 1. The number of hydrogen-bond acceptors (Lipinski definition) is 2. The Morgan fingerprint density at radius 1 is 0.913 bits per heavy atom. The summed E-state index contributed by atoms with van der Waals surface area (Å²) in [4.78, 5) is 12.7. The van der Waals surface area contributed by atoms with E-state index in [1.807, 2.05) is 73.7 Å². The van der Waals surface area contributed by atoms with Crippen LogP contribution in [0.1, 0.15) is 21.5 Å². The molecule has 0 aliphatic rings. The average Bonchev–Trinajstić information content (AvgIpc) is 2.59. The van der Waals surface area contributed by atoms with Gasteiger partial charge >= 0.3 is 0 Å². The summed E-state index contributed by atoms with van der Waals surface area (Å²) in [6.07, 6.45) is 0. The molecule has 0 saturated heterocycles. The van der Waals surface area contributed by atoms with Crippen LogP contribution in [-0.2, 0) is 0 Å². The van der Waals surface area contributed by atoms with E-state index < -0.39 is 0 Å². The van der Waals surface area contributed by atoms with Gasteiger partial charge < -0.3 is 4.74 Å². The summed E-state index contributed by atoms with van der Waals surface area (Å²) in [6.45, 7) is 2.00. The van der Waals surface area contributed by atoms with Gasteiger partial charge in [0.1, 0.15) is 11.5 Å². The molecule has 3 heteroatoms. The van der Waals surface area contributed by atoms with Gasteiger partial charge in [-0.25, -0.2) is 0 Å². The van der Waals surface area contributed by atoms with Gasteiger partial charge in [-0.05, 0) is 42.8 Å². The highest BCUT2D eigenvalue weighted by Crippen LogP contribution is 2.29. The van der Waals surface area contributed by atoms with Crippen LogP contribution >= 0.6 is 15.9 Å². The van der Waals surface area contributed by atoms with Crippen LogP contribution < -0.4 is 4.74 Å². The van der Waals surface area contributed by atoms with Crippen LogP contribution in [0.5, 0.6) is 11.5 Å². The number of benzene rings is 3. The lowest BCUT2D eigenvalue weighted by atomic mass is 10.0. The van der Waals surface area contributed by atoms with E-state index in [9.17, 15) is 4.79 Å². The Morgan fingerprint density at radius 3 is 2.35 bits per heavy atom. The van der Waals surface area contributed by atoms with Gasteiger partial charge in [-0.3, -0.25) is 4.79 Å². The number of carbonyl (C=O) groups is 1. The van der Waals surface area contributed by atoms with Crippen LogP contribution in [-0.4, -0.2) is 5.78 Å². The monoisotopic (exact) mass is 366 g/mol. The Morgan fingerprint density at radius 2 is 1.61 bits per heavy atom. The molecule has 3 aromatic carbocycles. The van der Waals surface area contributed by atoms with E-state index in [0.29, 0.717) is 22.6 Å². The van der Waals surface area contributed by atoms with Gasteiger partial charge in [0.2, 0.25) is 0 Å². The van der Waals surface area contributed by atoms with E-state index >= 15 is 0 Å². The maximum Gasteiger partial charge on any atom is 0.196 e. The first-order chi connectivity index (χ1) is 11.1. The van der Waals surface area contributed by atoms with E-state index in [1.165, 1.54) is 0 Å². The van der Waals surface area contributed by atoms with Crippen molar-refractivity contribution in [3.63, 3.8) is 0 Å². The minimum absolute atomic E-state index is 0.0463. The summed E-state index contributed by atoms with van der Waals surface area (Å²) in [5, 5.41) is 0. The average molecular weight is 367 g/mol. The Labute approximate surface area is 143 Å². The molecule has 3 rings (SSSR count). The lowest BCUT2D eigenvalue weighted by Crippen LogP contribution is -2.03. The normalized spacial score (nSPS) is 10.3. The first kappa shape index (κ1) is 15.5. The minimum atomic E-state index is -0.0463. The first-order valence-electron chi connectivity index (χ1n) is 7.28. The van der Waals surface area contributed by atoms with Gasteiger partial charge in [0.05, 0.1) is 5.56 Å². The third-order valence-corrected chi connectivity index (χ3v) is 4.41. The molecular weight excluding hydrogens is 352 g/mol. The van der Waals surface area contributed by atoms with Crippen molar-refractivity contribution in [3.8, 4) is 11.5 Å². The third-order valence-electron chi connectivity index (χ3n) is 3.52. The second-order valence-corrected chi connectivity index (χ2v) is 6.06. The molecule has 0 aromatic heterocycles. The zero-order chi connectivity index (χ0) is 16.2. The van der Waals surface area contributed by atoms with E-state index in [1.54, 1.807) is 6.07 Å². The molecule has 0 aliphatic carbocycles. The Bertz CT molecular complexity index is 841. The highest BCUT2D eigenvalue weighted by Gasteiger charge is 2.14. The van der Waals surface area contributed by atoms with Gasteiger partial charge in [-0.2, -0.15) is 0 Å².